The number of alkyl carbamates (subject to hydrolysis) is 1. The van der Waals surface area contributed by atoms with E-state index in [1.807, 2.05) is 0 Å². The Morgan fingerprint density at radius 1 is 0.580 bits per heavy atom. The van der Waals surface area contributed by atoms with Crippen molar-refractivity contribution in [2.24, 2.45) is 5.73 Å². The van der Waals surface area contributed by atoms with Gasteiger partial charge in [-0.25, -0.2) is 15.0 Å². The predicted octanol–water partition coefficient (Wildman–Crippen LogP) is 10.4. The lowest BCUT2D eigenvalue weighted by molar-refractivity contribution is -0.163. The SMILES string of the molecule is C.CC(C)(C)OC(=O)N[C@H](CCCCN)C(=O)C(=O)OC(C)(C)C.CCCCCCCCCCCCN(CCCCN(CCCCCCCCCCCC)CCCNN[C@@H](C=O)CO)CCCNC. The Kier molecular flexibility index (Phi) is 50.9. The van der Waals surface area contributed by atoms with Gasteiger partial charge in [-0.2, -0.15) is 0 Å². The zero-order chi connectivity index (χ0) is 51.2. The molecule has 0 aromatic rings. The number of Topliss-reactive ketones (excluding diaryl/α,β-unsaturated/α-hetero) is 1. The van der Waals surface area contributed by atoms with Gasteiger partial charge in [-0.1, -0.05) is 137 Å². The van der Waals surface area contributed by atoms with Gasteiger partial charge < -0.3 is 45.5 Å². The molecule has 0 saturated carbocycles. The third-order valence-corrected chi connectivity index (χ3v) is 11.7. The van der Waals surface area contributed by atoms with E-state index in [0.717, 1.165) is 32.3 Å². The summed E-state index contributed by atoms with van der Waals surface area (Å²) in [5.41, 5.74) is 9.99. The zero-order valence-corrected chi connectivity index (χ0v) is 45.8. The van der Waals surface area contributed by atoms with Crippen LogP contribution in [0.3, 0.4) is 0 Å². The van der Waals surface area contributed by atoms with Gasteiger partial charge in [-0.3, -0.25) is 10.2 Å². The van der Waals surface area contributed by atoms with Gasteiger partial charge in [0, 0.05) is 6.54 Å². The van der Waals surface area contributed by atoms with E-state index in [2.05, 4.69) is 52.2 Å². The van der Waals surface area contributed by atoms with Crippen LogP contribution in [0.5, 0.6) is 0 Å². The van der Waals surface area contributed by atoms with E-state index in [9.17, 15) is 24.3 Å². The monoisotopic (exact) mass is 986 g/mol. The molecule has 1 amide bonds. The smallest absolute Gasteiger partial charge is 0.408 e. The minimum atomic E-state index is -0.980. The van der Waals surface area contributed by atoms with Gasteiger partial charge in [0.2, 0.25) is 0 Å². The van der Waals surface area contributed by atoms with Gasteiger partial charge in [0.15, 0.2) is 0 Å². The number of rotatable bonds is 46. The maximum atomic E-state index is 12.2. The first-order valence-corrected chi connectivity index (χ1v) is 27.7. The molecule has 0 saturated heterocycles. The second kappa shape index (κ2) is 49.4. The number of hydrazine groups is 1. The number of esters is 1. The van der Waals surface area contributed by atoms with Crippen LogP contribution >= 0.6 is 0 Å². The van der Waals surface area contributed by atoms with Crippen molar-refractivity contribution in [2.75, 3.05) is 72.6 Å². The number of ether oxygens (including phenoxy) is 2. The topological polar surface area (TPSA) is 188 Å². The number of nitrogens with zero attached hydrogens (tertiary/aromatic N) is 2. The fourth-order valence-electron chi connectivity index (χ4n) is 7.87. The highest BCUT2D eigenvalue weighted by atomic mass is 16.6. The lowest BCUT2D eigenvalue weighted by Gasteiger charge is -2.25. The summed E-state index contributed by atoms with van der Waals surface area (Å²) in [6.45, 7) is 24.1. The Labute approximate surface area is 425 Å². The van der Waals surface area contributed by atoms with Crippen molar-refractivity contribution in [1.29, 1.82) is 0 Å². The number of carbonyl (C=O) groups excluding carboxylic acids is 4. The van der Waals surface area contributed by atoms with Crippen LogP contribution in [0.4, 0.5) is 4.79 Å². The molecule has 69 heavy (non-hydrogen) atoms. The van der Waals surface area contributed by atoms with Crippen LogP contribution in [-0.4, -0.2) is 135 Å². The molecule has 0 rings (SSSR count). The first-order chi connectivity index (χ1) is 32.6. The summed E-state index contributed by atoms with van der Waals surface area (Å²) in [5.74, 6) is -1.76. The Bertz CT molecular complexity index is 1170. The summed E-state index contributed by atoms with van der Waals surface area (Å²) in [5, 5.41) is 15.0. The van der Waals surface area contributed by atoms with Crippen LogP contribution < -0.4 is 27.2 Å². The van der Waals surface area contributed by atoms with Gasteiger partial charge in [0.1, 0.15) is 23.5 Å². The molecule has 0 aromatic carbocycles. The average molecular weight is 987 g/mol. The number of aldehydes is 1. The van der Waals surface area contributed by atoms with E-state index in [0.29, 0.717) is 25.8 Å². The van der Waals surface area contributed by atoms with Crippen molar-refractivity contribution >= 4 is 24.1 Å². The van der Waals surface area contributed by atoms with Crippen molar-refractivity contribution in [3.8, 4) is 0 Å². The van der Waals surface area contributed by atoms with Crippen LogP contribution in [0.15, 0.2) is 0 Å². The molecular formula is C55H115N7O7. The minimum absolute atomic E-state index is 0. The van der Waals surface area contributed by atoms with E-state index >= 15 is 0 Å². The molecule has 0 fully saturated rings. The number of aliphatic hydroxyl groups excluding tert-OH is 1. The van der Waals surface area contributed by atoms with Gasteiger partial charge in [0.25, 0.3) is 5.78 Å². The van der Waals surface area contributed by atoms with Gasteiger partial charge in [-0.05, 0) is 159 Å². The van der Waals surface area contributed by atoms with Gasteiger partial charge >= 0.3 is 12.1 Å². The Balaban J connectivity index is -0.00000153. The standard InChI is InChI=1S/C38H81N5O2.C16H30N2O5.CH4/c1-4-6-8-10-12-14-16-18-20-22-30-42(34-26-28-39-3)32-24-25-33-43(35-27-29-40-41-38(36-44)37-45)31-23-21-19-17-15-13-11-9-7-5-2;1-15(2,3)22-13(20)12(19)11(9-7-8-10-17)18-14(21)23-16(4,5)6;/h36,38-41,45H,4-35,37H2,1-3H3;11H,7-10,17H2,1-6H3,(H,18,21);1H4/t38-;11-;/m01./s1. The van der Waals surface area contributed by atoms with Crippen molar-refractivity contribution in [3.05, 3.63) is 0 Å². The van der Waals surface area contributed by atoms with Crippen LogP contribution in [0.1, 0.15) is 236 Å². The summed E-state index contributed by atoms with van der Waals surface area (Å²) in [6, 6.07) is -1.50. The van der Waals surface area contributed by atoms with Gasteiger partial charge in [0.05, 0.1) is 12.6 Å². The lowest BCUT2D eigenvalue weighted by atomic mass is 10.0. The highest BCUT2D eigenvalue weighted by molar-refractivity contribution is 6.36. The highest BCUT2D eigenvalue weighted by Gasteiger charge is 2.32. The molecule has 0 aliphatic rings. The summed E-state index contributed by atoms with van der Waals surface area (Å²) in [7, 11) is 2.06. The third kappa shape index (κ3) is 50.5. The van der Waals surface area contributed by atoms with Crippen molar-refractivity contribution in [1.82, 2.24) is 31.3 Å². The number of nitrogens with two attached hydrogens (primary N) is 1. The minimum Gasteiger partial charge on any atom is -0.454 e. The fourth-order valence-corrected chi connectivity index (χ4v) is 7.87. The van der Waals surface area contributed by atoms with Crippen LogP contribution in [0.25, 0.3) is 0 Å². The number of hydrogen-bond acceptors (Lipinski definition) is 13. The number of ketones is 1. The Morgan fingerprint density at radius 2 is 0.971 bits per heavy atom. The first kappa shape index (κ1) is 71.1. The molecule has 0 aromatic heterocycles. The number of amides is 1. The molecule has 0 bridgehead atoms. The summed E-state index contributed by atoms with van der Waals surface area (Å²) in [6.07, 6.45) is 34.3. The number of unbranched alkanes of at least 4 members (excludes halogenated alkanes) is 20. The number of aliphatic hydroxyl groups is 1. The highest BCUT2D eigenvalue weighted by Crippen LogP contribution is 2.15. The van der Waals surface area contributed by atoms with Crippen LogP contribution in [0, 0.1) is 0 Å². The zero-order valence-electron chi connectivity index (χ0n) is 45.8. The summed E-state index contributed by atoms with van der Waals surface area (Å²) < 4.78 is 10.2. The largest absolute Gasteiger partial charge is 0.454 e. The maximum Gasteiger partial charge on any atom is 0.408 e. The fraction of sp³-hybridized carbons (Fsp3) is 0.927. The van der Waals surface area contributed by atoms with E-state index in [-0.39, 0.29) is 14.0 Å². The third-order valence-electron chi connectivity index (χ3n) is 11.7. The molecule has 0 heterocycles. The second-order valence-electron chi connectivity index (χ2n) is 20.9. The van der Waals surface area contributed by atoms with Gasteiger partial charge in [-0.15, -0.1) is 0 Å². The molecule has 0 aliphatic carbocycles. The Morgan fingerprint density at radius 3 is 1.35 bits per heavy atom. The average Bonchev–Trinajstić information content (AvgIpc) is 3.28. The molecule has 0 aliphatic heterocycles. The quantitative estimate of drug-likeness (QED) is 0.0111. The maximum absolute atomic E-state index is 12.2. The summed E-state index contributed by atoms with van der Waals surface area (Å²) >= 11 is 0. The molecule has 412 valence electrons. The second-order valence-corrected chi connectivity index (χ2v) is 20.9. The van der Waals surface area contributed by atoms with Crippen LogP contribution in [0.2, 0.25) is 0 Å². The predicted molar refractivity (Wildman–Crippen MR) is 291 cm³/mol. The molecule has 0 unspecified atom stereocenters. The van der Waals surface area contributed by atoms with Crippen molar-refractivity contribution in [2.45, 2.75) is 259 Å². The molecule has 7 N–H and O–H groups in total. The lowest BCUT2D eigenvalue weighted by Crippen LogP contribution is -2.47. The number of nitrogens with one attached hydrogen (secondary N) is 4. The number of hydrogen-bond donors (Lipinski definition) is 6. The molecule has 2 atom stereocenters. The van der Waals surface area contributed by atoms with Crippen molar-refractivity contribution < 1.29 is 33.8 Å². The molecular weight excluding hydrogens is 871 g/mol. The van der Waals surface area contributed by atoms with E-state index in [1.54, 1.807) is 41.5 Å². The summed E-state index contributed by atoms with van der Waals surface area (Å²) in [4.78, 5) is 52.3. The molecule has 14 heteroatoms. The number of carbonyl (C=O) groups is 4. The van der Waals surface area contributed by atoms with E-state index in [4.69, 9.17) is 15.2 Å². The van der Waals surface area contributed by atoms with E-state index in [1.165, 1.54) is 180 Å². The van der Waals surface area contributed by atoms with Crippen molar-refractivity contribution in [3.63, 3.8) is 0 Å². The molecule has 14 nitrogen and oxygen atoms in total. The molecule has 0 spiro atoms. The molecule has 0 radical (unpaired) electrons. The Hall–Kier alpha value is -2.20. The normalized spacial score (nSPS) is 12.5. The van der Waals surface area contributed by atoms with Crippen LogP contribution in [-0.2, 0) is 23.9 Å². The van der Waals surface area contributed by atoms with E-state index < -0.39 is 41.1 Å². The first-order valence-electron chi connectivity index (χ1n) is 27.7.